The van der Waals surface area contributed by atoms with Gasteiger partial charge in [0.05, 0.1) is 0 Å². The third-order valence-electron chi connectivity index (χ3n) is 4.14. The molecule has 0 aliphatic heterocycles. The Morgan fingerprint density at radius 3 is 2.66 bits per heavy atom. The lowest BCUT2D eigenvalue weighted by atomic mass is 10.2. The van der Waals surface area contributed by atoms with Crippen LogP contribution in [0.4, 0.5) is 14.5 Å². The fourth-order valence-corrected chi connectivity index (χ4v) is 2.73. The van der Waals surface area contributed by atoms with E-state index in [1.54, 1.807) is 23.8 Å². The summed E-state index contributed by atoms with van der Waals surface area (Å²) in [6, 6.07) is 11.3. The number of hydrogen-bond donors (Lipinski definition) is 1. The van der Waals surface area contributed by atoms with Crippen molar-refractivity contribution in [3.05, 3.63) is 72.2 Å². The molecule has 0 fully saturated rings. The van der Waals surface area contributed by atoms with Crippen LogP contribution in [0.3, 0.4) is 0 Å². The van der Waals surface area contributed by atoms with E-state index in [4.69, 9.17) is 4.52 Å². The summed E-state index contributed by atoms with van der Waals surface area (Å²) in [6.07, 6.45) is 1.62. The van der Waals surface area contributed by atoms with Crippen molar-refractivity contribution in [2.75, 3.05) is 5.32 Å². The topological polar surface area (TPSA) is 85.8 Å². The Morgan fingerprint density at radius 2 is 1.90 bits per heavy atom. The van der Waals surface area contributed by atoms with Crippen LogP contribution >= 0.6 is 0 Å². The zero-order valence-corrected chi connectivity index (χ0v) is 15.3. The largest absolute Gasteiger partial charge is 0.334 e. The monoisotopic (exact) mass is 395 g/mol. The van der Waals surface area contributed by atoms with Crippen molar-refractivity contribution < 1.29 is 18.1 Å². The van der Waals surface area contributed by atoms with Gasteiger partial charge in [0.1, 0.15) is 29.7 Å². The van der Waals surface area contributed by atoms with Crippen LogP contribution in [0.1, 0.15) is 5.82 Å². The molecule has 1 N–H and O–H groups in total. The molecule has 0 saturated carbocycles. The highest BCUT2D eigenvalue weighted by molar-refractivity contribution is 5.90. The highest BCUT2D eigenvalue weighted by Crippen LogP contribution is 2.22. The molecule has 0 atom stereocenters. The first-order valence-corrected chi connectivity index (χ1v) is 8.67. The molecule has 0 saturated heterocycles. The molecule has 29 heavy (non-hydrogen) atoms. The van der Waals surface area contributed by atoms with E-state index in [0.717, 1.165) is 0 Å². The molecular formula is C20H15F2N5O2. The summed E-state index contributed by atoms with van der Waals surface area (Å²) in [6.45, 7) is 1.72. The second-order valence-corrected chi connectivity index (χ2v) is 6.29. The minimum absolute atomic E-state index is 0.0159. The maximum absolute atomic E-state index is 13.2. The van der Waals surface area contributed by atoms with Crippen molar-refractivity contribution in [3.8, 4) is 23.0 Å². The molecule has 1 amide bonds. The van der Waals surface area contributed by atoms with Crippen LogP contribution in [0.25, 0.3) is 23.0 Å². The van der Waals surface area contributed by atoms with E-state index in [0.29, 0.717) is 22.8 Å². The van der Waals surface area contributed by atoms with Crippen molar-refractivity contribution in [2.45, 2.75) is 13.5 Å². The van der Waals surface area contributed by atoms with Crippen molar-refractivity contribution in [3.63, 3.8) is 0 Å². The lowest BCUT2D eigenvalue weighted by Gasteiger charge is -2.07. The molecule has 4 aromatic rings. The number of amides is 1. The maximum Gasteiger partial charge on any atom is 0.258 e. The second kappa shape index (κ2) is 7.63. The summed E-state index contributed by atoms with van der Waals surface area (Å²) in [4.78, 5) is 20.9. The van der Waals surface area contributed by atoms with Gasteiger partial charge in [-0.25, -0.2) is 13.8 Å². The minimum Gasteiger partial charge on any atom is -0.334 e. The first-order chi connectivity index (χ1) is 14.0. The van der Waals surface area contributed by atoms with E-state index in [1.165, 1.54) is 42.5 Å². The Morgan fingerprint density at radius 1 is 1.10 bits per heavy atom. The molecule has 0 spiro atoms. The summed E-state index contributed by atoms with van der Waals surface area (Å²) in [7, 11) is 0. The highest BCUT2D eigenvalue weighted by atomic mass is 19.1. The molecule has 0 bridgehead atoms. The number of carbonyl (C=O) groups excluding carboxylic acids is 1. The Hall–Kier alpha value is -3.88. The molecule has 146 valence electrons. The van der Waals surface area contributed by atoms with Crippen molar-refractivity contribution in [1.82, 2.24) is 19.7 Å². The van der Waals surface area contributed by atoms with Gasteiger partial charge in [0.15, 0.2) is 0 Å². The number of nitrogens with one attached hydrogen (secondary N) is 1. The fourth-order valence-electron chi connectivity index (χ4n) is 2.73. The molecule has 0 aliphatic rings. The van der Waals surface area contributed by atoms with Crippen LogP contribution in [0.15, 0.2) is 59.3 Å². The molecular weight excluding hydrogens is 380 g/mol. The number of carbonyl (C=O) groups is 1. The number of nitrogens with zero attached hydrogens (tertiary/aromatic N) is 4. The average Bonchev–Trinajstić information content (AvgIpc) is 3.30. The van der Waals surface area contributed by atoms with Crippen molar-refractivity contribution in [2.24, 2.45) is 0 Å². The Labute approximate surface area is 164 Å². The van der Waals surface area contributed by atoms with Gasteiger partial charge in [-0.15, -0.1) is 0 Å². The van der Waals surface area contributed by atoms with Crippen LogP contribution in [0, 0.1) is 18.6 Å². The van der Waals surface area contributed by atoms with Crippen LogP contribution in [0.2, 0.25) is 0 Å². The Bertz CT molecular complexity index is 1170. The number of anilines is 1. The zero-order valence-electron chi connectivity index (χ0n) is 15.3. The van der Waals surface area contributed by atoms with E-state index in [9.17, 15) is 13.6 Å². The molecule has 2 aromatic heterocycles. The second-order valence-electron chi connectivity index (χ2n) is 6.29. The molecule has 4 rings (SSSR count). The van der Waals surface area contributed by atoms with E-state index in [1.807, 2.05) is 0 Å². The highest BCUT2D eigenvalue weighted by Gasteiger charge is 2.16. The first-order valence-electron chi connectivity index (χ1n) is 8.67. The summed E-state index contributed by atoms with van der Waals surface area (Å²) < 4.78 is 33.1. The Balaban J connectivity index is 1.49. The van der Waals surface area contributed by atoms with E-state index >= 15 is 0 Å². The predicted octanol–water partition coefficient (Wildman–Crippen LogP) is 3.83. The number of benzene rings is 2. The number of halogens is 2. The summed E-state index contributed by atoms with van der Waals surface area (Å²) in [5, 5.41) is 6.53. The van der Waals surface area contributed by atoms with Gasteiger partial charge in [0.25, 0.3) is 5.89 Å². The molecule has 0 aliphatic carbocycles. The van der Waals surface area contributed by atoms with Gasteiger partial charge in [-0.3, -0.25) is 4.79 Å². The average molecular weight is 395 g/mol. The van der Waals surface area contributed by atoms with E-state index < -0.39 is 5.82 Å². The summed E-state index contributed by atoms with van der Waals surface area (Å²) in [5.41, 5.74) is 1.38. The lowest BCUT2D eigenvalue weighted by Crippen LogP contribution is -2.19. The molecule has 0 radical (unpaired) electrons. The molecule has 0 unspecified atom stereocenters. The van der Waals surface area contributed by atoms with Crippen LogP contribution in [-0.4, -0.2) is 25.6 Å². The van der Waals surface area contributed by atoms with Crippen molar-refractivity contribution in [1.29, 1.82) is 0 Å². The number of rotatable bonds is 5. The number of aromatic nitrogens is 4. The van der Waals surface area contributed by atoms with E-state index in [2.05, 4.69) is 20.4 Å². The number of aryl methyl sites for hydroxylation is 1. The van der Waals surface area contributed by atoms with Gasteiger partial charge < -0.3 is 14.4 Å². The zero-order chi connectivity index (χ0) is 20.4. The smallest absolute Gasteiger partial charge is 0.258 e. The first kappa shape index (κ1) is 18.5. The van der Waals surface area contributed by atoms with Crippen LogP contribution < -0.4 is 5.32 Å². The van der Waals surface area contributed by atoms with Gasteiger partial charge in [0.2, 0.25) is 11.7 Å². The minimum atomic E-state index is -0.432. The molecule has 7 nitrogen and oxygen atoms in total. The van der Waals surface area contributed by atoms with Gasteiger partial charge in [0, 0.05) is 17.4 Å². The standard InChI is InChI=1S/C20H15F2N5O2/c1-12-23-17(19-25-20(29-26-19)13-5-7-14(21)8-6-13)10-27(12)11-18(28)24-16-4-2-3-15(22)9-16/h2-10H,11H2,1H3,(H,24,28). The normalized spacial score (nSPS) is 10.9. The third-order valence-corrected chi connectivity index (χ3v) is 4.14. The van der Waals surface area contributed by atoms with Crippen molar-refractivity contribution >= 4 is 11.6 Å². The Kier molecular flexibility index (Phi) is 4.86. The van der Waals surface area contributed by atoms with Gasteiger partial charge in [-0.2, -0.15) is 4.98 Å². The maximum atomic E-state index is 13.2. The SMILES string of the molecule is Cc1nc(-c2noc(-c3ccc(F)cc3)n2)cn1CC(=O)Nc1cccc(F)c1. The molecule has 9 heteroatoms. The molecule has 2 aromatic carbocycles. The summed E-state index contributed by atoms with van der Waals surface area (Å²) >= 11 is 0. The fraction of sp³-hybridized carbons (Fsp3) is 0.100. The van der Waals surface area contributed by atoms with Crippen LogP contribution in [0.5, 0.6) is 0 Å². The number of hydrogen-bond acceptors (Lipinski definition) is 5. The van der Waals surface area contributed by atoms with E-state index in [-0.39, 0.29) is 30.0 Å². The molecule has 2 heterocycles. The van der Waals surface area contributed by atoms with Crippen LogP contribution in [-0.2, 0) is 11.3 Å². The third kappa shape index (κ3) is 4.18. The quantitative estimate of drug-likeness (QED) is 0.555. The predicted molar refractivity (Wildman–Crippen MR) is 101 cm³/mol. The summed E-state index contributed by atoms with van der Waals surface area (Å²) in [5.74, 6) is -0.0737. The number of imidazole rings is 1. The lowest BCUT2D eigenvalue weighted by molar-refractivity contribution is -0.116. The van der Waals surface area contributed by atoms with Gasteiger partial charge >= 0.3 is 0 Å². The van der Waals surface area contributed by atoms with Gasteiger partial charge in [-0.05, 0) is 49.4 Å². The van der Waals surface area contributed by atoms with Gasteiger partial charge in [-0.1, -0.05) is 11.2 Å².